The maximum Gasteiger partial charge on any atom is 0.277 e. The third-order valence-electron chi connectivity index (χ3n) is 4.29. The lowest BCUT2D eigenvalue weighted by Gasteiger charge is -2.07. The lowest BCUT2D eigenvalue weighted by molar-refractivity contribution is -0.123. The van der Waals surface area contributed by atoms with E-state index in [1.807, 2.05) is 72.8 Å². The molecular formula is C24H18ClN3O2S. The molecule has 4 rings (SSSR count). The zero-order valence-corrected chi connectivity index (χ0v) is 17.9. The summed E-state index contributed by atoms with van der Waals surface area (Å²) in [6.45, 7) is -0.149. The topological polar surface area (TPSA) is 63.6 Å². The average Bonchev–Trinajstić information content (AvgIpc) is 2.80. The van der Waals surface area contributed by atoms with Crippen LogP contribution in [-0.2, 0) is 4.79 Å². The van der Waals surface area contributed by atoms with Crippen molar-refractivity contribution in [3.05, 3.63) is 95.6 Å². The molecule has 154 valence electrons. The first-order valence-electron chi connectivity index (χ1n) is 9.49. The summed E-state index contributed by atoms with van der Waals surface area (Å²) in [4.78, 5) is 18.6. The van der Waals surface area contributed by atoms with Crippen molar-refractivity contribution in [2.24, 2.45) is 5.10 Å². The number of hydrogen-bond donors (Lipinski definition) is 1. The van der Waals surface area contributed by atoms with Crippen LogP contribution < -0.4 is 10.2 Å². The first-order valence-corrected chi connectivity index (χ1v) is 10.7. The van der Waals surface area contributed by atoms with Crippen LogP contribution >= 0.6 is 23.4 Å². The van der Waals surface area contributed by atoms with Crippen LogP contribution in [0.4, 0.5) is 0 Å². The Morgan fingerprint density at radius 1 is 1.00 bits per heavy atom. The number of ether oxygens (including phenoxy) is 1. The number of aromatic nitrogens is 1. The second-order valence-electron chi connectivity index (χ2n) is 6.54. The Kier molecular flexibility index (Phi) is 6.82. The second-order valence-corrected chi connectivity index (χ2v) is 8.12. The van der Waals surface area contributed by atoms with Crippen molar-refractivity contribution >= 4 is 46.4 Å². The molecular weight excluding hydrogens is 430 g/mol. The van der Waals surface area contributed by atoms with Crippen LogP contribution in [0, 0.1) is 0 Å². The van der Waals surface area contributed by atoms with Crippen molar-refractivity contribution in [1.82, 2.24) is 10.4 Å². The van der Waals surface area contributed by atoms with E-state index in [0.717, 1.165) is 31.3 Å². The number of nitrogens with one attached hydrogen (secondary N) is 1. The van der Waals surface area contributed by atoms with Crippen LogP contribution in [-0.4, -0.2) is 23.7 Å². The molecule has 3 aromatic carbocycles. The molecule has 1 N–H and O–H groups in total. The molecule has 1 heterocycles. The van der Waals surface area contributed by atoms with Gasteiger partial charge < -0.3 is 4.74 Å². The Balaban J connectivity index is 1.28. The maximum atomic E-state index is 12.0. The predicted octanol–water partition coefficient (Wildman–Crippen LogP) is 5.57. The lowest BCUT2D eigenvalue weighted by Crippen LogP contribution is -2.24. The molecule has 7 heteroatoms. The summed E-state index contributed by atoms with van der Waals surface area (Å²) >= 11 is 7.56. The van der Waals surface area contributed by atoms with Gasteiger partial charge in [-0.15, -0.1) is 0 Å². The van der Waals surface area contributed by atoms with E-state index in [1.54, 1.807) is 30.2 Å². The number of fused-ring (bicyclic) bond motifs is 1. The number of amides is 1. The van der Waals surface area contributed by atoms with Gasteiger partial charge in [-0.05, 0) is 54.1 Å². The minimum atomic E-state index is -0.348. The minimum absolute atomic E-state index is 0.149. The average molecular weight is 448 g/mol. The number of hydrazone groups is 1. The third kappa shape index (κ3) is 5.84. The third-order valence-corrected chi connectivity index (χ3v) is 5.55. The molecule has 0 atom stereocenters. The SMILES string of the molecule is O=C(COc1cccc2cccnc12)N/N=C\c1ccc(Sc2ccc(Cl)cc2)cc1. The van der Waals surface area contributed by atoms with E-state index in [2.05, 4.69) is 15.5 Å². The molecule has 0 bridgehead atoms. The molecule has 0 aliphatic carbocycles. The Labute approximate surface area is 189 Å². The standard InChI is InChI=1S/C24H18ClN3O2S/c25-19-8-12-21(13-9-19)31-20-10-6-17(7-11-20)15-27-28-23(29)16-30-22-5-1-3-18-4-2-14-26-24(18)22/h1-15H,16H2,(H,28,29)/b27-15-. The number of hydrogen-bond acceptors (Lipinski definition) is 5. The predicted molar refractivity (Wildman–Crippen MR) is 125 cm³/mol. The van der Waals surface area contributed by atoms with E-state index in [1.165, 1.54) is 0 Å². The number of halogens is 1. The van der Waals surface area contributed by atoms with Crippen molar-refractivity contribution in [2.45, 2.75) is 9.79 Å². The highest BCUT2D eigenvalue weighted by Gasteiger charge is 2.06. The fourth-order valence-electron chi connectivity index (χ4n) is 2.81. The molecule has 31 heavy (non-hydrogen) atoms. The number of carbonyl (C=O) groups is 1. The van der Waals surface area contributed by atoms with Gasteiger partial charge in [-0.25, -0.2) is 5.43 Å². The zero-order chi connectivity index (χ0) is 21.5. The molecule has 0 radical (unpaired) electrons. The highest BCUT2D eigenvalue weighted by Crippen LogP contribution is 2.28. The monoisotopic (exact) mass is 447 g/mol. The molecule has 1 amide bonds. The van der Waals surface area contributed by atoms with Gasteiger partial charge in [-0.1, -0.05) is 53.7 Å². The number of benzene rings is 3. The van der Waals surface area contributed by atoms with E-state index >= 15 is 0 Å². The van der Waals surface area contributed by atoms with Gasteiger partial charge in [-0.3, -0.25) is 9.78 Å². The quantitative estimate of drug-likeness (QED) is 0.297. The van der Waals surface area contributed by atoms with Gasteiger partial charge in [0.05, 0.1) is 6.21 Å². The molecule has 0 aliphatic heterocycles. The van der Waals surface area contributed by atoms with Gasteiger partial charge >= 0.3 is 0 Å². The summed E-state index contributed by atoms with van der Waals surface area (Å²) in [5.74, 6) is 0.213. The Hall–Kier alpha value is -3.35. The smallest absolute Gasteiger partial charge is 0.277 e. The number of para-hydroxylation sites is 1. The van der Waals surface area contributed by atoms with Gasteiger partial charge in [0.2, 0.25) is 0 Å². The van der Waals surface area contributed by atoms with E-state index in [0.29, 0.717) is 5.75 Å². The summed E-state index contributed by atoms with van der Waals surface area (Å²) in [6, 6.07) is 25.0. The highest BCUT2D eigenvalue weighted by atomic mass is 35.5. The lowest BCUT2D eigenvalue weighted by atomic mass is 10.2. The van der Waals surface area contributed by atoms with Crippen molar-refractivity contribution in [2.75, 3.05) is 6.61 Å². The van der Waals surface area contributed by atoms with Crippen LogP contribution in [0.2, 0.25) is 5.02 Å². The number of nitrogens with zero attached hydrogens (tertiary/aromatic N) is 2. The van der Waals surface area contributed by atoms with Crippen LogP contribution in [0.15, 0.2) is 100.0 Å². The summed E-state index contributed by atoms with van der Waals surface area (Å²) < 4.78 is 5.60. The first-order chi connectivity index (χ1) is 15.2. The van der Waals surface area contributed by atoms with Gasteiger partial charge in [0, 0.05) is 26.4 Å². The van der Waals surface area contributed by atoms with Gasteiger partial charge in [0.1, 0.15) is 11.3 Å². The van der Waals surface area contributed by atoms with Crippen molar-refractivity contribution in [3.8, 4) is 5.75 Å². The van der Waals surface area contributed by atoms with E-state index in [4.69, 9.17) is 16.3 Å². The molecule has 5 nitrogen and oxygen atoms in total. The minimum Gasteiger partial charge on any atom is -0.481 e. The summed E-state index contributed by atoms with van der Waals surface area (Å²) in [6.07, 6.45) is 3.28. The van der Waals surface area contributed by atoms with Crippen LogP contribution in [0.1, 0.15) is 5.56 Å². The number of rotatable bonds is 7. The van der Waals surface area contributed by atoms with E-state index in [-0.39, 0.29) is 12.5 Å². The first kappa shape index (κ1) is 20.9. The second kappa shape index (κ2) is 10.1. The number of pyridine rings is 1. The van der Waals surface area contributed by atoms with Crippen molar-refractivity contribution in [3.63, 3.8) is 0 Å². The molecule has 0 saturated carbocycles. The van der Waals surface area contributed by atoms with Crippen LogP contribution in [0.3, 0.4) is 0 Å². The van der Waals surface area contributed by atoms with Crippen molar-refractivity contribution < 1.29 is 9.53 Å². The van der Waals surface area contributed by atoms with Crippen LogP contribution in [0.25, 0.3) is 10.9 Å². The van der Waals surface area contributed by atoms with E-state index < -0.39 is 0 Å². The Bertz CT molecular complexity index is 1210. The highest BCUT2D eigenvalue weighted by molar-refractivity contribution is 7.99. The van der Waals surface area contributed by atoms with Crippen molar-refractivity contribution in [1.29, 1.82) is 0 Å². The van der Waals surface area contributed by atoms with Gasteiger partial charge in [0.15, 0.2) is 6.61 Å². The Morgan fingerprint density at radius 2 is 1.71 bits per heavy atom. The molecule has 0 unspecified atom stereocenters. The van der Waals surface area contributed by atoms with Gasteiger partial charge in [0.25, 0.3) is 5.91 Å². The van der Waals surface area contributed by atoms with E-state index in [9.17, 15) is 4.79 Å². The molecule has 0 fully saturated rings. The number of carbonyl (C=O) groups excluding carboxylic acids is 1. The maximum absolute atomic E-state index is 12.0. The summed E-state index contributed by atoms with van der Waals surface area (Å²) in [5.41, 5.74) is 4.07. The fraction of sp³-hybridized carbons (Fsp3) is 0.0417. The largest absolute Gasteiger partial charge is 0.481 e. The Morgan fingerprint density at radius 3 is 2.48 bits per heavy atom. The molecule has 0 aliphatic rings. The summed E-state index contributed by atoms with van der Waals surface area (Å²) in [5, 5.41) is 5.67. The van der Waals surface area contributed by atoms with Gasteiger partial charge in [-0.2, -0.15) is 5.10 Å². The fourth-order valence-corrected chi connectivity index (χ4v) is 3.75. The molecule has 0 saturated heterocycles. The zero-order valence-electron chi connectivity index (χ0n) is 16.4. The van der Waals surface area contributed by atoms with Crippen LogP contribution in [0.5, 0.6) is 5.75 Å². The summed E-state index contributed by atoms with van der Waals surface area (Å²) in [7, 11) is 0. The molecule has 1 aromatic heterocycles. The molecule has 0 spiro atoms. The molecule has 4 aromatic rings. The normalized spacial score (nSPS) is 11.0.